The zero-order valence-electron chi connectivity index (χ0n) is 10.9. The molecule has 22 heavy (non-hydrogen) atoms. The summed E-state index contributed by atoms with van der Waals surface area (Å²) in [5.74, 6) is -3.16. The fourth-order valence-corrected chi connectivity index (χ4v) is 1.85. The van der Waals surface area contributed by atoms with Gasteiger partial charge < -0.3 is 20.0 Å². The number of carbonyl (C=O) groups excluding carboxylic acids is 2. The number of hydrogen-bond acceptors (Lipinski definition) is 4. The van der Waals surface area contributed by atoms with E-state index in [0.717, 1.165) is 0 Å². The van der Waals surface area contributed by atoms with E-state index < -0.39 is 62.6 Å². The summed E-state index contributed by atoms with van der Waals surface area (Å²) in [5, 5.41) is 18.7. The summed E-state index contributed by atoms with van der Waals surface area (Å²) >= 11 is 0. The molecule has 0 spiro atoms. The third-order valence-electron chi connectivity index (χ3n) is 2.81. The van der Waals surface area contributed by atoms with Crippen LogP contribution < -0.4 is 0 Å². The molecule has 6 nitrogen and oxygen atoms in total. The Bertz CT molecular complexity index is 398. The van der Waals surface area contributed by atoms with Gasteiger partial charge in [0.1, 0.15) is 13.1 Å². The van der Waals surface area contributed by atoms with Gasteiger partial charge in [-0.15, -0.1) is 0 Å². The molecule has 0 aliphatic carbocycles. The van der Waals surface area contributed by atoms with Crippen LogP contribution in [0.15, 0.2) is 0 Å². The number of halogens is 6. The van der Waals surface area contributed by atoms with E-state index in [1.807, 2.05) is 0 Å². The number of aliphatic hydroxyl groups excluding tert-OH is 2. The molecule has 2 amide bonds. The van der Waals surface area contributed by atoms with Crippen molar-refractivity contribution >= 4 is 11.8 Å². The fraction of sp³-hybridized carbons (Fsp3) is 0.800. The number of alkyl halides is 6. The van der Waals surface area contributed by atoms with Crippen molar-refractivity contribution in [3.63, 3.8) is 0 Å². The van der Waals surface area contributed by atoms with Crippen molar-refractivity contribution in [3.8, 4) is 0 Å². The van der Waals surface area contributed by atoms with E-state index in [0.29, 0.717) is 0 Å². The van der Waals surface area contributed by atoms with Gasteiger partial charge >= 0.3 is 12.4 Å². The quantitative estimate of drug-likeness (QED) is 0.666. The number of nitrogens with zero attached hydrogens (tertiary/aromatic N) is 2. The van der Waals surface area contributed by atoms with Gasteiger partial charge in [0.25, 0.3) is 11.8 Å². The molecule has 0 bridgehead atoms. The molecule has 0 saturated carbocycles. The summed E-state index contributed by atoms with van der Waals surface area (Å²) < 4.78 is 73.9. The van der Waals surface area contributed by atoms with Crippen molar-refractivity contribution in [2.24, 2.45) is 0 Å². The average Bonchev–Trinajstić information content (AvgIpc) is 2.35. The minimum absolute atomic E-state index is 0.0453. The normalized spacial score (nSPS) is 25.3. The minimum atomic E-state index is -4.85. The highest BCUT2D eigenvalue weighted by Gasteiger charge is 2.44. The number of amides is 2. The Morgan fingerprint density at radius 1 is 0.818 bits per heavy atom. The minimum Gasteiger partial charge on any atom is -0.380 e. The van der Waals surface area contributed by atoms with Crippen LogP contribution in [0.4, 0.5) is 26.3 Å². The Morgan fingerprint density at radius 2 is 1.09 bits per heavy atom. The predicted molar refractivity (Wildman–Crippen MR) is 57.3 cm³/mol. The van der Waals surface area contributed by atoms with Crippen LogP contribution in [0, 0.1) is 0 Å². The van der Waals surface area contributed by atoms with E-state index in [4.69, 9.17) is 0 Å². The standard InChI is InChI=1S/C10H12F6N2O4/c11-9(12,13)3-17-1-2-18(4-10(14,15)16)8(22)6(20)5(19)7(17)21/h5-6,19-20H,1-4H2/t5-,6-/m1/s1. The van der Waals surface area contributed by atoms with Crippen LogP contribution in [0.1, 0.15) is 0 Å². The van der Waals surface area contributed by atoms with Crippen LogP contribution in [0.5, 0.6) is 0 Å². The molecule has 0 radical (unpaired) electrons. The second-order valence-electron chi connectivity index (χ2n) is 4.64. The molecule has 1 saturated heterocycles. The lowest BCUT2D eigenvalue weighted by Gasteiger charge is -2.35. The molecule has 0 aromatic heterocycles. The Morgan fingerprint density at radius 3 is 1.32 bits per heavy atom. The highest BCUT2D eigenvalue weighted by atomic mass is 19.4. The van der Waals surface area contributed by atoms with Crippen LogP contribution in [0.3, 0.4) is 0 Å². The van der Waals surface area contributed by atoms with Gasteiger partial charge in [0.2, 0.25) is 0 Å². The van der Waals surface area contributed by atoms with Crippen molar-refractivity contribution in [2.45, 2.75) is 24.6 Å². The first-order valence-corrected chi connectivity index (χ1v) is 5.89. The van der Waals surface area contributed by atoms with Crippen molar-refractivity contribution in [3.05, 3.63) is 0 Å². The van der Waals surface area contributed by atoms with Gasteiger partial charge in [0.15, 0.2) is 12.2 Å². The topological polar surface area (TPSA) is 81.1 Å². The first-order chi connectivity index (χ1) is 9.82. The Labute approximate surface area is 119 Å². The van der Waals surface area contributed by atoms with Crippen molar-refractivity contribution in [2.75, 3.05) is 26.2 Å². The Balaban J connectivity index is 2.98. The summed E-state index contributed by atoms with van der Waals surface area (Å²) in [6.07, 6.45) is -14.8. The summed E-state index contributed by atoms with van der Waals surface area (Å²) in [5.41, 5.74) is 0. The second-order valence-corrected chi connectivity index (χ2v) is 4.64. The van der Waals surface area contributed by atoms with E-state index in [9.17, 15) is 46.1 Å². The first kappa shape index (κ1) is 18.5. The molecule has 1 aliphatic rings. The number of hydrogen-bond donors (Lipinski definition) is 2. The molecule has 1 heterocycles. The fourth-order valence-electron chi connectivity index (χ4n) is 1.85. The van der Waals surface area contributed by atoms with Gasteiger partial charge in [-0.25, -0.2) is 0 Å². The Hall–Kier alpha value is -1.56. The van der Waals surface area contributed by atoms with E-state index in [-0.39, 0.29) is 9.80 Å². The van der Waals surface area contributed by atoms with Crippen LogP contribution >= 0.6 is 0 Å². The van der Waals surface area contributed by atoms with Crippen molar-refractivity contribution < 1.29 is 46.1 Å². The molecule has 2 N–H and O–H groups in total. The molecule has 0 aromatic rings. The molecule has 1 aliphatic heterocycles. The predicted octanol–water partition coefficient (Wildman–Crippen LogP) is -0.496. The lowest BCUT2D eigenvalue weighted by molar-refractivity contribution is -0.184. The van der Waals surface area contributed by atoms with Gasteiger partial charge in [-0.1, -0.05) is 0 Å². The number of carbonyl (C=O) groups is 2. The lowest BCUT2D eigenvalue weighted by Crippen LogP contribution is -2.59. The maximum absolute atomic E-state index is 12.3. The first-order valence-electron chi connectivity index (χ1n) is 5.89. The van der Waals surface area contributed by atoms with Gasteiger partial charge in [0.05, 0.1) is 0 Å². The van der Waals surface area contributed by atoms with E-state index in [1.54, 1.807) is 0 Å². The molecule has 0 aromatic carbocycles. The molecule has 1 fully saturated rings. The SMILES string of the molecule is O=C1[C@H](O)[C@@H](O)C(=O)N(CC(F)(F)F)CCN1CC(F)(F)F. The van der Waals surface area contributed by atoms with E-state index in [1.165, 1.54) is 0 Å². The molecular weight excluding hydrogens is 326 g/mol. The Kier molecular flexibility index (Phi) is 5.28. The van der Waals surface area contributed by atoms with Crippen molar-refractivity contribution in [1.29, 1.82) is 0 Å². The largest absolute Gasteiger partial charge is 0.406 e. The van der Waals surface area contributed by atoms with Crippen LogP contribution in [0.2, 0.25) is 0 Å². The van der Waals surface area contributed by atoms with E-state index in [2.05, 4.69) is 0 Å². The number of aliphatic hydroxyl groups is 2. The van der Waals surface area contributed by atoms with Crippen LogP contribution in [-0.4, -0.2) is 82.6 Å². The van der Waals surface area contributed by atoms with Gasteiger partial charge in [-0.05, 0) is 0 Å². The third-order valence-corrected chi connectivity index (χ3v) is 2.81. The highest BCUT2D eigenvalue weighted by Crippen LogP contribution is 2.21. The third kappa shape index (κ3) is 5.02. The van der Waals surface area contributed by atoms with Gasteiger partial charge in [0, 0.05) is 13.1 Å². The molecule has 0 unspecified atom stereocenters. The summed E-state index contributed by atoms with van der Waals surface area (Å²) in [6.45, 7) is -5.35. The second kappa shape index (κ2) is 6.28. The maximum Gasteiger partial charge on any atom is 0.406 e. The summed E-state index contributed by atoms with van der Waals surface area (Å²) in [6, 6.07) is 0. The molecule has 2 atom stereocenters. The molecule has 1 rings (SSSR count). The average molecular weight is 338 g/mol. The summed E-state index contributed by atoms with van der Waals surface area (Å²) in [7, 11) is 0. The molecular formula is C10H12F6N2O4. The molecule has 12 heteroatoms. The highest BCUT2D eigenvalue weighted by molar-refractivity contribution is 5.91. The van der Waals surface area contributed by atoms with E-state index >= 15 is 0 Å². The van der Waals surface area contributed by atoms with Crippen LogP contribution in [0.25, 0.3) is 0 Å². The number of rotatable bonds is 2. The zero-order chi connectivity index (χ0) is 17.3. The smallest absolute Gasteiger partial charge is 0.380 e. The van der Waals surface area contributed by atoms with Gasteiger partial charge in [-0.2, -0.15) is 26.3 Å². The monoisotopic (exact) mass is 338 g/mol. The zero-order valence-corrected chi connectivity index (χ0v) is 10.9. The summed E-state index contributed by atoms with van der Waals surface area (Å²) in [4.78, 5) is 23.2. The van der Waals surface area contributed by atoms with Gasteiger partial charge in [-0.3, -0.25) is 9.59 Å². The lowest BCUT2D eigenvalue weighted by atomic mass is 10.1. The maximum atomic E-state index is 12.3. The molecule has 128 valence electrons. The van der Waals surface area contributed by atoms with Crippen LogP contribution in [-0.2, 0) is 9.59 Å². The van der Waals surface area contributed by atoms with Crippen molar-refractivity contribution in [1.82, 2.24) is 9.80 Å².